The van der Waals surface area contributed by atoms with Crippen molar-refractivity contribution in [2.75, 3.05) is 33.3 Å². The third-order valence-electron chi connectivity index (χ3n) is 2.90. The van der Waals surface area contributed by atoms with Crippen LogP contribution in [0.2, 0.25) is 0 Å². The Kier molecular flexibility index (Phi) is 7.01. The van der Waals surface area contributed by atoms with Crippen molar-refractivity contribution in [1.29, 1.82) is 0 Å². The van der Waals surface area contributed by atoms with Crippen LogP contribution in [0, 0.1) is 0 Å². The summed E-state index contributed by atoms with van der Waals surface area (Å²) in [5.74, 6) is -0.399. The Hall–Kier alpha value is -0.870. The van der Waals surface area contributed by atoms with Gasteiger partial charge in [-0.05, 0) is 20.8 Å². The largest absolute Gasteiger partial charge is 0.460 e. The highest BCUT2D eigenvalue weighted by Crippen LogP contribution is 2.03. The van der Waals surface area contributed by atoms with Crippen LogP contribution in [0.5, 0.6) is 0 Å². The molecule has 0 aromatic heterocycles. The lowest BCUT2D eigenvalue weighted by molar-refractivity contribution is -0.909. The zero-order valence-corrected chi connectivity index (χ0v) is 10.8. The molecule has 0 heterocycles. The van der Waals surface area contributed by atoms with Crippen LogP contribution in [-0.2, 0) is 9.53 Å². The molecule has 1 unspecified atom stereocenters. The standard InChI is InChI=1S/C12H24NO3/c1-5-8-12(15)16-10-11(14)9-13(4,6-2)7-3/h5,8,11,14H,6-7,9-10H2,1-4H3/q+1. The second-order valence-corrected chi connectivity index (χ2v) is 4.22. The Balaban J connectivity index is 3.98. The van der Waals surface area contributed by atoms with Gasteiger partial charge in [0.2, 0.25) is 0 Å². The molecule has 0 saturated heterocycles. The van der Waals surface area contributed by atoms with Crippen LogP contribution < -0.4 is 0 Å². The number of esters is 1. The van der Waals surface area contributed by atoms with Crippen LogP contribution in [0.4, 0.5) is 0 Å². The van der Waals surface area contributed by atoms with Crippen LogP contribution in [0.3, 0.4) is 0 Å². The van der Waals surface area contributed by atoms with Gasteiger partial charge in [-0.25, -0.2) is 4.79 Å². The van der Waals surface area contributed by atoms with Crippen molar-refractivity contribution >= 4 is 5.97 Å². The topological polar surface area (TPSA) is 46.5 Å². The summed E-state index contributed by atoms with van der Waals surface area (Å²) in [6, 6.07) is 0. The lowest BCUT2D eigenvalue weighted by Crippen LogP contribution is -2.49. The van der Waals surface area contributed by atoms with E-state index in [4.69, 9.17) is 4.74 Å². The monoisotopic (exact) mass is 230 g/mol. The summed E-state index contributed by atoms with van der Waals surface area (Å²) in [5.41, 5.74) is 0. The number of carbonyl (C=O) groups is 1. The summed E-state index contributed by atoms with van der Waals surface area (Å²) < 4.78 is 5.67. The quantitative estimate of drug-likeness (QED) is 0.402. The molecule has 1 N–H and O–H groups in total. The summed E-state index contributed by atoms with van der Waals surface area (Å²) in [6.45, 7) is 8.50. The molecule has 0 aliphatic rings. The minimum Gasteiger partial charge on any atom is -0.460 e. The molecule has 4 heteroatoms. The second-order valence-electron chi connectivity index (χ2n) is 4.22. The van der Waals surface area contributed by atoms with Crippen LogP contribution >= 0.6 is 0 Å². The van der Waals surface area contributed by atoms with Gasteiger partial charge in [-0.15, -0.1) is 0 Å². The molecule has 0 saturated carbocycles. The fraction of sp³-hybridized carbons (Fsp3) is 0.750. The van der Waals surface area contributed by atoms with E-state index in [0.29, 0.717) is 6.54 Å². The van der Waals surface area contributed by atoms with Crippen LogP contribution in [0.1, 0.15) is 20.8 Å². The first-order valence-electron chi connectivity index (χ1n) is 5.78. The zero-order chi connectivity index (χ0) is 12.6. The summed E-state index contributed by atoms with van der Waals surface area (Å²) in [7, 11) is 2.08. The van der Waals surface area contributed by atoms with Crippen molar-refractivity contribution in [1.82, 2.24) is 0 Å². The first-order chi connectivity index (χ1) is 7.47. The molecule has 16 heavy (non-hydrogen) atoms. The minimum atomic E-state index is -0.598. The van der Waals surface area contributed by atoms with E-state index in [0.717, 1.165) is 17.6 Å². The first kappa shape index (κ1) is 15.1. The molecule has 0 spiro atoms. The molecule has 0 aromatic rings. The Morgan fingerprint density at radius 3 is 2.44 bits per heavy atom. The van der Waals surface area contributed by atoms with Crippen molar-refractivity contribution in [2.24, 2.45) is 0 Å². The molecular weight excluding hydrogens is 206 g/mol. The Morgan fingerprint density at radius 2 is 2.00 bits per heavy atom. The molecule has 0 aliphatic heterocycles. The number of aliphatic hydroxyl groups excluding tert-OH is 1. The summed E-state index contributed by atoms with van der Waals surface area (Å²) in [4.78, 5) is 11.0. The Bertz CT molecular complexity index is 234. The maximum absolute atomic E-state index is 11.0. The average molecular weight is 230 g/mol. The van der Waals surface area contributed by atoms with Gasteiger partial charge < -0.3 is 14.3 Å². The summed E-state index contributed by atoms with van der Waals surface area (Å²) in [5, 5.41) is 9.75. The third-order valence-corrected chi connectivity index (χ3v) is 2.90. The number of hydrogen-bond acceptors (Lipinski definition) is 3. The van der Waals surface area contributed by atoms with E-state index >= 15 is 0 Å². The predicted octanol–water partition coefficient (Wildman–Crippen LogP) is 0.953. The van der Waals surface area contributed by atoms with Gasteiger partial charge in [0.25, 0.3) is 0 Å². The number of aliphatic hydroxyl groups is 1. The van der Waals surface area contributed by atoms with Crippen molar-refractivity contribution in [3.05, 3.63) is 12.2 Å². The predicted molar refractivity (Wildman–Crippen MR) is 63.9 cm³/mol. The molecule has 0 amide bonds. The number of ether oxygens (including phenoxy) is 1. The van der Waals surface area contributed by atoms with Gasteiger partial charge in [-0.1, -0.05) is 6.08 Å². The molecular formula is C12H24NO3+. The van der Waals surface area contributed by atoms with Crippen molar-refractivity contribution in [3.8, 4) is 0 Å². The highest BCUT2D eigenvalue weighted by Gasteiger charge is 2.22. The average Bonchev–Trinajstić information content (AvgIpc) is 2.26. The molecule has 0 aromatic carbocycles. The van der Waals surface area contributed by atoms with Gasteiger partial charge in [-0.3, -0.25) is 0 Å². The van der Waals surface area contributed by atoms with E-state index in [1.165, 1.54) is 6.08 Å². The van der Waals surface area contributed by atoms with E-state index in [-0.39, 0.29) is 6.61 Å². The molecule has 0 aliphatic carbocycles. The number of allylic oxidation sites excluding steroid dienone is 1. The highest BCUT2D eigenvalue weighted by molar-refractivity contribution is 5.81. The van der Waals surface area contributed by atoms with Crippen molar-refractivity contribution < 1.29 is 19.1 Å². The Morgan fingerprint density at radius 1 is 1.44 bits per heavy atom. The van der Waals surface area contributed by atoms with Gasteiger partial charge in [0.1, 0.15) is 19.3 Å². The minimum absolute atomic E-state index is 0.0665. The molecule has 0 radical (unpaired) electrons. The number of hydrogen-bond donors (Lipinski definition) is 1. The fourth-order valence-electron chi connectivity index (χ4n) is 1.41. The fourth-order valence-corrected chi connectivity index (χ4v) is 1.41. The van der Waals surface area contributed by atoms with Gasteiger partial charge in [0, 0.05) is 6.08 Å². The van der Waals surface area contributed by atoms with Crippen LogP contribution in [0.25, 0.3) is 0 Å². The molecule has 1 atom stereocenters. The molecule has 0 rings (SSSR count). The van der Waals surface area contributed by atoms with E-state index in [1.54, 1.807) is 13.0 Å². The van der Waals surface area contributed by atoms with Crippen LogP contribution in [0.15, 0.2) is 12.2 Å². The molecule has 4 nitrogen and oxygen atoms in total. The summed E-state index contributed by atoms with van der Waals surface area (Å²) in [6.07, 6.45) is 2.37. The zero-order valence-electron chi connectivity index (χ0n) is 10.8. The van der Waals surface area contributed by atoms with Gasteiger partial charge in [-0.2, -0.15) is 0 Å². The van der Waals surface area contributed by atoms with Crippen LogP contribution in [-0.4, -0.2) is 55.0 Å². The first-order valence-corrected chi connectivity index (χ1v) is 5.78. The summed E-state index contributed by atoms with van der Waals surface area (Å²) >= 11 is 0. The van der Waals surface area contributed by atoms with E-state index < -0.39 is 12.1 Å². The normalized spacial score (nSPS) is 14.1. The number of rotatable bonds is 7. The number of carbonyl (C=O) groups excluding carboxylic acids is 1. The number of likely N-dealkylation sites (N-methyl/N-ethyl adjacent to an activating group) is 1. The van der Waals surface area contributed by atoms with E-state index in [9.17, 15) is 9.90 Å². The maximum atomic E-state index is 11.0. The maximum Gasteiger partial charge on any atom is 0.330 e. The molecule has 0 bridgehead atoms. The van der Waals surface area contributed by atoms with Gasteiger partial charge in [0.05, 0.1) is 20.1 Å². The smallest absolute Gasteiger partial charge is 0.330 e. The van der Waals surface area contributed by atoms with Crippen molar-refractivity contribution in [2.45, 2.75) is 26.9 Å². The number of nitrogens with zero attached hydrogens (tertiary/aromatic N) is 1. The van der Waals surface area contributed by atoms with E-state index in [2.05, 4.69) is 20.9 Å². The van der Waals surface area contributed by atoms with Crippen molar-refractivity contribution in [3.63, 3.8) is 0 Å². The lowest BCUT2D eigenvalue weighted by Gasteiger charge is -2.33. The molecule has 94 valence electrons. The SMILES string of the molecule is CC=CC(=O)OCC(O)C[N+](C)(CC)CC. The third kappa shape index (κ3) is 5.88. The van der Waals surface area contributed by atoms with Gasteiger partial charge in [0.15, 0.2) is 0 Å². The number of quaternary nitrogens is 1. The Labute approximate surface area is 98.1 Å². The highest BCUT2D eigenvalue weighted by atomic mass is 16.5. The van der Waals surface area contributed by atoms with E-state index in [1.807, 2.05) is 0 Å². The van der Waals surface area contributed by atoms with Gasteiger partial charge >= 0.3 is 5.97 Å². The lowest BCUT2D eigenvalue weighted by atomic mass is 10.3. The molecule has 0 fully saturated rings. The second kappa shape index (κ2) is 7.41.